The number of nitrogens with one attached hydrogen (secondary N) is 2. The topological polar surface area (TPSA) is 123 Å². The van der Waals surface area contributed by atoms with Crippen molar-refractivity contribution in [3.63, 3.8) is 0 Å². The van der Waals surface area contributed by atoms with Gasteiger partial charge in [-0.05, 0) is 51.5 Å². The highest BCUT2D eigenvalue weighted by Crippen LogP contribution is 2.39. The molecule has 0 aliphatic heterocycles. The Labute approximate surface area is 196 Å². The van der Waals surface area contributed by atoms with Crippen LogP contribution in [-0.4, -0.2) is 34.0 Å². The van der Waals surface area contributed by atoms with E-state index in [1.165, 1.54) is 12.1 Å². The number of anilines is 2. The van der Waals surface area contributed by atoms with Gasteiger partial charge in [0.25, 0.3) is 11.3 Å². The fourth-order valence-electron chi connectivity index (χ4n) is 2.60. The molecule has 0 saturated carbocycles. The molecule has 3 N–H and O–H groups in total. The van der Waals surface area contributed by atoms with Gasteiger partial charge in [0.2, 0.25) is 6.79 Å². The van der Waals surface area contributed by atoms with Crippen molar-refractivity contribution in [1.29, 1.82) is 0 Å². The van der Waals surface area contributed by atoms with Gasteiger partial charge in [-0.25, -0.2) is 9.00 Å². The largest absolute Gasteiger partial charge is 0.453 e. The molecule has 2 rings (SSSR count). The molecule has 9 nitrogen and oxygen atoms in total. The van der Waals surface area contributed by atoms with Crippen molar-refractivity contribution >= 4 is 34.6 Å². The van der Waals surface area contributed by atoms with Gasteiger partial charge in [-0.3, -0.25) is 14.1 Å². The summed E-state index contributed by atoms with van der Waals surface area (Å²) >= 11 is -2.42. The van der Waals surface area contributed by atoms with E-state index in [2.05, 4.69) is 10.0 Å². The van der Waals surface area contributed by atoms with Gasteiger partial charge in [0.1, 0.15) is 5.75 Å². The van der Waals surface area contributed by atoms with Gasteiger partial charge < -0.3 is 19.5 Å². The van der Waals surface area contributed by atoms with Crippen LogP contribution in [0.1, 0.15) is 50.9 Å². The Kier molecular flexibility index (Phi) is 9.68. The second-order valence-electron chi connectivity index (χ2n) is 8.18. The summed E-state index contributed by atoms with van der Waals surface area (Å²) in [7, 11) is 0. The summed E-state index contributed by atoms with van der Waals surface area (Å²) in [5.74, 6) is -0.530. The van der Waals surface area contributed by atoms with Crippen LogP contribution in [-0.2, 0) is 25.5 Å². The fourth-order valence-corrected chi connectivity index (χ4v) is 2.94. The molecule has 33 heavy (non-hydrogen) atoms. The average molecular weight is 479 g/mol. The fraction of sp³-hybridized carbons (Fsp3) is 0.391. The van der Waals surface area contributed by atoms with Crippen LogP contribution in [0.4, 0.5) is 11.4 Å². The number of rotatable bonds is 11. The van der Waals surface area contributed by atoms with E-state index in [9.17, 15) is 18.4 Å². The molecule has 180 valence electrons. The predicted molar refractivity (Wildman–Crippen MR) is 127 cm³/mol. The van der Waals surface area contributed by atoms with Crippen LogP contribution in [0.2, 0.25) is 0 Å². The van der Waals surface area contributed by atoms with E-state index in [0.29, 0.717) is 18.0 Å². The molecule has 0 bridgehead atoms. The van der Waals surface area contributed by atoms with Gasteiger partial charge in [0.15, 0.2) is 5.75 Å². The Morgan fingerprint density at radius 2 is 1.73 bits per heavy atom. The first-order valence-electron chi connectivity index (χ1n) is 10.5. The predicted octanol–water partition coefficient (Wildman–Crippen LogP) is 4.94. The molecular weight excluding hydrogens is 448 g/mol. The molecule has 1 atom stereocenters. The van der Waals surface area contributed by atoms with Crippen LogP contribution < -0.4 is 14.8 Å². The Morgan fingerprint density at radius 3 is 2.33 bits per heavy atom. The first-order chi connectivity index (χ1) is 15.6. The molecule has 2 aromatic rings. The number of hydrogen-bond donors (Lipinski definition) is 3. The zero-order chi connectivity index (χ0) is 24.4. The van der Waals surface area contributed by atoms with E-state index in [1.807, 2.05) is 13.0 Å². The molecule has 0 amide bonds. The van der Waals surface area contributed by atoms with Crippen molar-refractivity contribution in [2.45, 2.75) is 40.5 Å². The Bertz CT molecular complexity index is 975. The van der Waals surface area contributed by atoms with E-state index in [0.717, 1.165) is 12.8 Å². The lowest BCUT2D eigenvalue weighted by Crippen LogP contribution is -2.24. The van der Waals surface area contributed by atoms with E-state index >= 15 is 0 Å². The van der Waals surface area contributed by atoms with Crippen molar-refractivity contribution in [2.75, 3.05) is 23.4 Å². The highest BCUT2D eigenvalue weighted by atomic mass is 32.2. The van der Waals surface area contributed by atoms with Crippen molar-refractivity contribution < 1.29 is 32.6 Å². The molecule has 1 unspecified atom stereocenters. The minimum atomic E-state index is -2.42. The molecule has 10 heteroatoms. The van der Waals surface area contributed by atoms with Crippen molar-refractivity contribution in [3.05, 3.63) is 48.0 Å². The third-order valence-electron chi connectivity index (χ3n) is 4.32. The second kappa shape index (κ2) is 12.2. The maximum atomic E-state index is 12.6. The molecule has 0 spiro atoms. The lowest BCUT2D eigenvalue weighted by atomic mass is 9.98. The van der Waals surface area contributed by atoms with E-state index in [-0.39, 0.29) is 17.0 Å². The van der Waals surface area contributed by atoms with Crippen LogP contribution in [0.5, 0.6) is 11.5 Å². The maximum Gasteiger partial charge on any atom is 0.341 e. The van der Waals surface area contributed by atoms with Gasteiger partial charge >= 0.3 is 11.9 Å². The Hall–Kier alpha value is -3.11. The van der Waals surface area contributed by atoms with Crippen LogP contribution in [0, 0.1) is 5.41 Å². The van der Waals surface area contributed by atoms with Gasteiger partial charge in [0.05, 0.1) is 22.4 Å². The number of carbonyl (C=O) groups is 2. The number of benzene rings is 2. The number of para-hydroxylation sites is 1. The van der Waals surface area contributed by atoms with Crippen LogP contribution in [0.15, 0.2) is 42.5 Å². The van der Waals surface area contributed by atoms with Crippen molar-refractivity contribution in [1.82, 2.24) is 0 Å². The first kappa shape index (κ1) is 26.1. The standard InChI is InChI=1S/C23H30N2O7S/c1-5-6-12-24-18-13-16(21(26)30-15-31-22(27)23(2,3)4)14-19(25-33(28)29)20(18)32-17-10-8-7-9-11-17/h7-11,13-14,24-25H,5-6,12,15H2,1-4H3,(H,28,29). The van der Waals surface area contributed by atoms with Crippen molar-refractivity contribution in [2.24, 2.45) is 5.41 Å². The summed E-state index contributed by atoms with van der Waals surface area (Å²) in [4.78, 5) is 24.5. The Morgan fingerprint density at radius 1 is 1.06 bits per heavy atom. The normalized spacial score (nSPS) is 11.9. The number of ether oxygens (including phenoxy) is 3. The van der Waals surface area contributed by atoms with Gasteiger partial charge in [-0.1, -0.05) is 31.5 Å². The molecule has 0 aromatic heterocycles. The zero-order valence-electron chi connectivity index (χ0n) is 19.2. The molecule has 0 heterocycles. The van der Waals surface area contributed by atoms with Crippen LogP contribution in [0.3, 0.4) is 0 Å². The van der Waals surface area contributed by atoms with Gasteiger partial charge in [-0.2, -0.15) is 0 Å². The summed E-state index contributed by atoms with van der Waals surface area (Å²) in [6.45, 7) is 7.13. The second-order valence-corrected chi connectivity index (χ2v) is 8.88. The minimum Gasteiger partial charge on any atom is -0.453 e. The van der Waals surface area contributed by atoms with Crippen LogP contribution >= 0.6 is 0 Å². The third-order valence-corrected chi connectivity index (χ3v) is 4.72. The summed E-state index contributed by atoms with van der Waals surface area (Å²) in [6, 6.07) is 11.8. The highest BCUT2D eigenvalue weighted by molar-refractivity contribution is 7.80. The minimum absolute atomic E-state index is 0.0779. The lowest BCUT2D eigenvalue weighted by molar-refractivity contribution is -0.161. The smallest absolute Gasteiger partial charge is 0.341 e. The van der Waals surface area contributed by atoms with Crippen molar-refractivity contribution in [3.8, 4) is 11.5 Å². The third kappa shape index (κ3) is 8.39. The average Bonchev–Trinajstić information content (AvgIpc) is 2.75. The summed E-state index contributed by atoms with van der Waals surface area (Å²) < 4.78 is 39.3. The number of unbranched alkanes of at least 4 members (excludes halogenated alkanes) is 1. The molecule has 0 fully saturated rings. The highest BCUT2D eigenvalue weighted by Gasteiger charge is 2.24. The summed E-state index contributed by atoms with van der Waals surface area (Å²) in [6.07, 6.45) is 1.80. The summed E-state index contributed by atoms with van der Waals surface area (Å²) in [5, 5.41) is 3.20. The number of hydrogen-bond acceptors (Lipinski definition) is 7. The van der Waals surface area contributed by atoms with E-state index < -0.39 is 35.4 Å². The van der Waals surface area contributed by atoms with E-state index in [4.69, 9.17) is 14.2 Å². The molecule has 0 saturated heterocycles. The molecular formula is C23H30N2O7S. The van der Waals surface area contributed by atoms with Gasteiger partial charge in [0, 0.05) is 6.54 Å². The summed E-state index contributed by atoms with van der Waals surface area (Å²) in [5.41, 5.74) is -0.114. The van der Waals surface area contributed by atoms with E-state index in [1.54, 1.807) is 45.0 Å². The molecule has 0 aliphatic carbocycles. The molecule has 0 radical (unpaired) electrons. The maximum absolute atomic E-state index is 12.6. The SMILES string of the molecule is CCCCNc1cc(C(=O)OCOC(=O)C(C)(C)C)cc(NS(=O)O)c1Oc1ccccc1. The zero-order valence-corrected chi connectivity index (χ0v) is 20.0. The number of carbonyl (C=O) groups excluding carboxylic acids is 2. The number of esters is 2. The quantitative estimate of drug-likeness (QED) is 0.180. The molecule has 0 aliphatic rings. The van der Waals surface area contributed by atoms with Crippen LogP contribution in [0.25, 0.3) is 0 Å². The monoisotopic (exact) mass is 478 g/mol. The lowest BCUT2D eigenvalue weighted by Gasteiger charge is -2.19. The Balaban J connectivity index is 2.34. The van der Waals surface area contributed by atoms with Gasteiger partial charge in [-0.15, -0.1) is 0 Å². The molecule has 2 aromatic carbocycles. The first-order valence-corrected chi connectivity index (χ1v) is 11.6.